The van der Waals surface area contributed by atoms with E-state index < -0.39 is 23.6 Å². The number of aromatic hydroxyl groups is 1. The van der Waals surface area contributed by atoms with Gasteiger partial charge in [0, 0.05) is 13.0 Å². The van der Waals surface area contributed by atoms with Crippen LogP contribution in [0.5, 0.6) is 5.75 Å². The molecule has 0 saturated carbocycles. The first-order valence-corrected chi connectivity index (χ1v) is 5.44. The van der Waals surface area contributed by atoms with Gasteiger partial charge in [-0.1, -0.05) is 6.07 Å². The fraction of sp³-hybridized carbons (Fsp3) is 0.417. The Morgan fingerprint density at radius 3 is 2.61 bits per heavy atom. The lowest BCUT2D eigenvalue weighted by Crippen LogP contribution is -2.32. The van der Waals surface area contributed by atoms with Crippen LogP contribution in [-0.4, -0.2) is 41.2 Å². The summed E-state index contributed by atoms with van der Waals surface area (Å²) >= 11 is 0. The van der Waals surface area contributed by atoms with Gasteiger partial charge in [-0.25, -0.2) is 4.39 Å². The van der Waals surface area contributed by atoms with E-state index in [4.69, 9.17) is 10.8 Å². The number of aliphatic carboxylic acids is 1. The van der Waals surface area contributed by atoms with E-state index in [0.29, 0.717) is 12.1 Å². The second kappa shape index (κ2) is 5.79. The average molecular weight is 256 g/mol. The summed E-state index contributed by atoms with van der Waals surface area (Å²) < 4.78 is 13.5. The van der Waals surface area contributed by atoms with E-state index in [9.17, 15) is 14.3 Å². The first-order chi connectivity index (χ1) is 8.31. The first-order valence-electron chi connectivity index (χ1n) is 5.44. The van der Waals surface area contributed by atoms with Crippen LogP contribution >= 0.6 is 0 Å². The Morgan fingerprint density at radius 2 is 2.11 bits per heavy atom. The molecule has 100 valence electrons. The third-order valence-corrected chi connectivity index (χ3v) is 2.46. The minimum absolute atomic E-state index is 0.112. The summed E-state index contributed by atoms with van der Waals surface area (Å²) in [4.78, 5) is 12.5. The van der Waals surface area contributed by atoms with Crippen LogP contribution in [0.15, 0.2) is 12.1 Å². The molecule has 4 N–H and O–H groups in total. The smallest absolute Gasteiger partial charge is 0.320 e. The van der Waals surface area contributed by atoms with Crippen molar-refractivity contribution in [2.24, 2.45) is 5.73 Å². The van der Waals surface area contributed by atoms with Gasteiger partial charge in [-0.3, -0.25) is 4.79 Å². The Bertz CT molecular complexity index is 449. The minimum atomic E-state index is -1.19. The highest BCUT2D eigenvalue weighted by atomic mass is 19.1. The van der Waals surface area contributed by atoms with Crippen LogP contribution in [0, 0.1) is 5.82 Å². The van der Waals surface area contributed by atoms with Gasteiger partial charge in [-0.15, -0.1) is 0 Å². The molecular formula is C12H17FN2O3. The first kappa shape index (κ1) is 14.4. The summed E-state index contributed by atoms with van der Waals surface area (Å²) in [6.45, 7) is 0.493. The van der Waals surface area contributed by atoms with Crippen LogP contribution in [0.1, 0.15) is 11.1 Å². The molecule has 0 aliphatic heterocycles. The molecule has 0 bridgehead atoms. The van der Waals surface area contributed by atoms with Crippen molar-refractivity contribution in [1.29, 1.82) is 0 Å². The maximum absolute atomic E-state index is 13.5. The van der Waals surface area contributed by atoms with Crippen LogP contribution in [0.25, 0.3) is 0 Å². The molecule has 0 saturated heterocycles. The van der Waals surface area contributed by atoms with Gasteiger partial charge in [0.2, 0.25) is 0 Å². The molecule has 5 nitrogen and oxygen atoms in total. The van der Waals surface area contributed by atoms with Gasteiger partial charge >= 0.3 is 5.97 Å². The lowest BCUT2D eigenvalue weighted by atomic mass is 10.0. The quantitative estimate of drug-likeness (QED) is 0.716. The summed E-state index contributed by atoms with van der Waals surface area (Å²) in [6.07, 6.45) is -0.112. The summed E-state index contributed by atoms with van der Waals surface area (Å²) in [7, 11) is 3.65. The number of carboxylic acids is 1. The lowest BCUT2D eigenvalue weighted by Gasteiger charge is -2.14. The zero-order chi connectivity index (χ0) is 13.9. The number of hydrogen-bond donors (Lipinski definition) is 3. The maximum Gasteiger partial charge on any atom is 0.320 e. The van der Waals surface area contributed by atoms with Crippen molar-refractivity contribution < 1.29 is 19.4 Å². The zero-order valence-electron chi connectivity index (χ0n) is 10.4. The lowest BCUT2D eigenvalue weighted by molar-refractivity contribution is -0.138. The molecule has 1 rings (SSSR count). The predicted molar refractivity (Wildman–Crippen MR) is 64.8 cm³/mol. The Morgan fingerprint density at radius 1 is 1.50 bits per heavy atom. The monoisotopic (exact) mass is 256 g/mol. The molecule has 1 aromatic rings. The van der Waals surface area contributed by atoms with Crippen LogP contribution in [0.2, 0.25) is 0 Å². The topological polar surface area (TPSA) is 86.8 Å². The minimum Gasteiger partial charge on any atom is -0.505 e. The largest absolute Gasteiger partial charge is 0.505 e. The number of phenolic OH excluding ortho intramolecular Hbond substituents is 1. The molecule has 1 aromatic carbocycles. The van der Waals surface area contributed by atoms with E-state index in [2.05, 4.69) is 0 Å². The van der Waals surface area contributed by atoms with Crippen molar-refractivity contribution in [3.63, 3.8) is 0 Å². The molecule has 0 aliphatic carbocycles. The number of carboxylic acid groups (broad SMARTS) is 1. The third-order valence-electron chi connectivity index (χ3n) is 2.46. The van der Waals surface area contributed by atoms with Crippen LogP contribution in [0.4, 0.5) is 4.39 Å². The van der Waals surface area contributed by atoms with E-state index in [1.165, 1.54) is 6.07 Å². The van der Waals surface area contributed by atoms with Gasteiger partial charge in [0.1, 0.15) is 6.04 Å². The van der Waals surface area contributed by atoms with Crippen molar-refractivity contribution in [3.8, 4) is 5.75 Å². The molecule has 0 aliphatic rings. The summed E-state index contributed by atoms with van der Waals surface area (Å²) in [5.41, 5.74) is 6.24. The number of benzene rings is 1. The highest BCUT2D eigenvalue weighted by Crippen LogP contribution is 2.24. The summed E-state index contributed by atoms with van der Waals surface area (Å²) in [5.74, 6) is -2.48. The summed E-state index contributed by atoms with van der Waals surface area (Å²) in [5, 5.41) is 18.3. The molecule has 0 spiro atoms. The number of rotatable bonds is 5. The second-order valence-corrected chi connectivity index (χ2v) is 4.47. The van der Waals surface area contributed by atoms with Gasteiger partial charge in [-0.05, 0) is 31.3 Å². The van der Waals surface area contributed by atoms with Gasteiger partial charge in [0.05, 0.1) is 0 Å². The second-order valence-electron chi connectivity index (χ2n) is 4.47. The third kappa shape index (κ3) is 3.68. The molecule has 1 unspecified atom stereocenters. The number of carbonyl (C=O) groups is 1. The van der Waals surface area contributed by atoms with Crippen molar-refractivity contribution in [3.05, 3.63) is 29.1 Å². The summed E-state index contributed by atoms with van der Waals surface area (Å²) in [6, 6.07) is 1.64. The van der Waals surface area contributed by atoms with E-state index in [1.54, 1.807) is 6.07 Å². The number of phenols is 1. The fourth-order valence-corrected chi connectivity index (χ4v) is 1.65. The number of nitrogens with two attached hydrogens (primary N) is 1. The molecule has 6 heteroatoms. The van der Waals surface area contributed by atoms with Gasteiger partial charge < -0.3 is 20.8 Å². The number of halogens is 1. The van der Waals surface area contributed by atoms with E-state index in [1.807, 2.05) is 19.0 Å². The normalized spacial score (nSPS) is 12.7. The Balaban J connectivity index is 3.02. The van der Waals surface area contributed by atoms with E-state index in [0.717, 1.165) is 0 Å². The van der Waals surface area contributed by atoms with Crippen LogP contribution in [-0.2, 0) is 17.8 Å². The van der Waals surface area contributed by atoms with Crippen molar-refractivity contribution >= 4 is 5.97 Å². The predicted octanol–water partition coefficient (Wildman–Crippen LogP) is 0.547. The molecular weight excluding hydrogens is 239 g/mol. The highest BCUT2D eigenvalue weighted by molar-refractivity contribution is 5.73. The van der Waals surface area contributed by atoms with Gasteiger partial charge in [-0.2, -0.15) is 0 Å². The molecule has 18 heavy (non-hydrogen) atoms. The Kier molecular flexibility index (Phi) is 4.63. The molecule has 0 radical (unpaired) electrons. The fourth-order valence-electron chi connectivity index (χ4n) is 1.65. The molecule has 1 atom stereocenters. The van der Waals surface area contributed by atoms with Gasteiger partial charge in [0.25, 0.3) is 0 Å². The van der Waals surface area contributed by atoms with Crippen molar-refractivity contribution in [2.75, 3.05) is 14.1 Å². The van der Waals surface area contributed by atoms with E-state index in [-0.39, 0.29) is 12.0 Å². The maximum atomic E-state index is 13.5. The molecule has 0 fully saturated rings. The van der Waals surface area contributed by atoms with E-state index >= 15 is 0 Å². The SMILES string of the molecule is CN(C)Cc1cc(F)c(O)c(CC(N)C(=O)O)c1. The zero-order valence-corrected chi connectivity index (χ0v) is 10.4. The van der Waals surface area contributed by atoms with Crippen molar-refractivity contribution in [1.82, 2.24) is 4.90 Å². The highest BCUT2D eigenvalue weighted by Gasteiger charge is 2.17. The van der Waals surface area contributed by atoms with Crippen LogP contribution < -0.4 is 5.73 Å². The molecule has 0 heterocycles. The number of hydrogen-bond acceptors (Lipinski definition) is 4. The standard InChI is InChI=1S/C12H17FN2O3/c1-15(2)6-7-3-8(5-10(14)12(17)18)11(16)9(13)4-7/h3-4,10,16H,5-6,14H2,1-2H3,(H,17,18). The van der Waals surface area contributed by atoms with Gasteiger partial charge in [0.15, 0.2) is 11.6 Å². The number of nitrogens with zero attached hydrogens (tertiary/aromatic N) is 1. The molecule has 0 aromatic heterocycles. The molecule has 0 amide bonds. The Labute approximate surface area is 105 Å². The van der Waals surface area contributed by atoms with Crippen LogP contribution in [0.3, 0.4) is 0 Å². The Hall–Kier alpha value is -1.66. The average Bonchev–Trinajstić information content (AvgIpc) is 2.24. The van der Waals surface area contributed by atoms with Crippen molar-refractivity contribution in [2.45, 2.75) is 19.0 Å².